The SMILES string of the molecule is CC(=O)c1cccc(NC(=O)COc2coc(CN3CCCCC3)cc2=O)c1. The first-order valence-corrected chi connectivity index (χ1v) is 9.39. The number of rotatable bonds is 7. The molecule has 0 unspecified atom stereocenters. The molecule has 1 fully saturated rings. The third-order valence-corrected chi connectivity index (χ3v) is 4.59. The topological polar surface area (TPSA) is 88.8 Å². The van der Waals surface area contributed by atoms with Crippen LogP contribution in [0.1, 0.15) is 42.3 Å². The summed E-state index contributed by atoms with van der Waals surface area (Å²) in [6.07, 6.45) is 4.82. The van der Waals surface area contributed by atoms with E-state index in [4.69, 9.17) is 9.15 Å². The molecule has 0 aliphatic carbocycles. The monoisotopic (exact) mass is 384 g/mol. The van der Waals surface area contributed by atoms with E-state index in [1.54, 1.807) is 24.3 Å². The van der Waals surface area contributed by atoms with Crippen LogP contribution in [0.5, 0.6) is 5.75 Å². The normalized spacial score (nSPS) is 14.5. The van der Waals surface area contributed by atoms with Crippen LogP contribution in [-0.2, 0) is 11.3 Å². The average Bonchev–Trinajstić information content (AvgIpc) is 2.68. The Morgan fingerprint density at radius 3 is 2.68 bits per heavy atom. The molecule has 1 aliphatic heterocycles. The highest BCUT2D eigenvalue weighted by molar-refractivity contribution is 5.97. The zero-order chi connectivity index (χ0) is 19.9. The Morgan fingerprint density at radius 1 is 1.18 bits per heavy atom. The molecule has 2 heterocycles. The summed E-state index contributed by atoms with van der Waals surface area (Å²) in [5.41, 5.74) is 0.679. The molecule has 0 radical (unpaired) electrons. The Balaban J connectivity index is 1.53. The molecule has 1 aromatic heterocycles. The first-order chi connectivity index (χ1) is 13.5. The molecular formula is C21H24N2O5. The number of piperidine rings is 1. The van der Waals surface area contributed by atoms with Gasteiger partial charge in [0, 0.05) is 17.3 Å². The molecule has 0 saturated carbocycles. The summed E-state index contributed by atoms with van der Waals surface area (Å²) in [4.78, 5) is 37.9. The van der Waals surface area contributed by atoms with E-state index in [2.05, 4.69) is 10.2 Å². The predicted octanol–water partition coefficient (Wildman–Crippen LogP) is 2.85. The fraction of sp³-hybridized carbons (Fsp3) is 0.381. The van der Waals surface area contributed by atoms with Crippen molar-refractivity contribution in [1.82, 2.24) is 4.90 Å². The van der Waals surface area contributed by atoms with Crippen molar-refractivity contribution in [3.05, 3.63) is 58.1 Å². The van der Waals surface area contributed by atoms with Crippen molar-refractivity contribution >= 4 is 17.4 Å². The second-order valence-corrected chi connectivity index (χ2v) is 6.89. The van der Waals surface area contributed by atoms with E-state index in [1.165, 1.54) is 25.7 Å². The van der Waals surface area contributed by atoms with Gasteiger partial charge in [0.05, 0.1) is 6.54 Å². The summed E-state index contributed by atoms with van der Waals surface area (Å²) in [5, 5.41) is 2.64. The van der Waals surface area contributed by atoms with E-state index in [1.807, 2.05) is 0 Å². The highest BCUT2D eigenvalue weighted by atomic mass is 16.5. The van der Waals surface area contributed by atoms with Crippen LogP contribution in [0.25, 0.3) is 0 Å². The molecule has 28 heavy (non-hydrogen) atoms. The lowest BCUT2D eigenvalue weighted by molar-refractivity contribution is -0.118. The van der Waals surface area contributed by atoms with Crippen LogP contribution >= 0.6 is 0 Å². The molecule has 1 N–H and O–H groups in total. The maximum absolute atomic E-state index is 12.2. The molecule has 1 saturated heterocycles. The lowest BCUT2D eigenvalue weighted by Crippen LogP contribution is -2.29. The van der Waals surface area contributed by atoms with E-state index in [0.29, 0.717) is 23.6 Å². The van der Waals surface area contributed by atoms with Gasteiger partial charge in [0.1, 0.15) is 12.0 Å². The van der Waals surface area contributed by atoms with Crippen molar-refractivity contribution in [3.63, 3.8) is 0 Å². The number of carbonyl (C=O) groups is 2. The number of likely N-dealkylation sites (tertiary alicyclic amines) is 1. The number of Topliss-reactive ketones (excluding diaryl/α,β-unsaturated/α-hetero) is 1. The number of ether oxygens (including phenoxy) is 1. The summed E-state index contributed by atoms with van der Waals surface area (Å²) in [7, 11) is 0. The highest BCUT2D eigenvalue weighted by Gasteiger charge is 2.14. The predicted molar refractivity (Wildman–Crippen MR) is 105 cm³/mol. The van der Waals surface area contributed by atoms with Crippen molar-refractivity contribution in [2.75, 3.05) is 25.0 Å². The van der Waals surface area contributed by atoms with Gasteiger partial charge in [0.2, 0.25) is 11.2 Å². The van der Waals surface area contributed by atoms with Crippen LogP contribution in [0, 0.1) is 0 Å². The number of nitrogens with zero attached hydrogens (tertiary/aromatic N) is 1. The zero-order valence-corrected chi connectivity index (χ0v) is 15.9. The van der Waals surface area contributed by atoms with E-state index >= 15 is 0 Å². The Kier molecular flexibility index (Phi) is 6.60. The summed E-state index contributed by atoms with van der Waals surface area (Å²) in [6.45, 7) is 3.74. The molecule has 7 nitrogen and oxygen atoms in total. The van der Waals surface area contributed by atoms with Gasteiger partial charge in [-0.3, -0.25) is 19.3 Å². The number of carbonyl (C=O) groups excluding carboxylic acids is 2. The van der Waals surface area contributed by atoms with Crippen LogP contribution < -0.4 is 15.5 Å². The highest BCUT2D eigenvalue weighted by Crippen LogP contribution is 2.14. The van der Waals surface area contributed by atoms with Gasteiger partial charge in [-0.2, -0.15) is 0 Å². The maximum Gasteiger partial charge on any atom is 0.262 e. The minimum atomic E-state index is -0.433. The number of anilines is 1. The van der Waals surface area contributed by atoms with Gasteiger partial charge < -0.3 is 14.5 Å². The van der Waals surface area contributed by atoms with Crippen molar-refractivity contribution in [2.24, 2.45) is 0 Å². The van der Waals surface area contributed by atoms with Gasteiger partial charge in [-0.05, 0) is 45.0 Å². The molecule has 1 aliphatic rings. The second kappa shape index (κ2) is 9.32. The molecule has 0 spiro atoms. The maximum atomic E-state index is 12.2. The molecule has 148 valence electrons. The minimum Gasteiger partial charge on any atom is -0.477 e. The molecule has 0 bridgehead atoms. The van der Waals surface area contributed by atoms with Gasteiger partial charge in [-0.15, -0.1) is 0 Å². The Bertz CT molecular complexity index is 900. The Hall–Kier alpha value is -2.93. The molecule has 2 aromatic rings. The fourth-order valence-electron chi connectivity index (χ4n) is 3.12. The Labute approximate surface area is 163 Å². The van der Waals surface area contributed by atoms with Crippen molar-refractivity contribution in [3.8, 4) is 5.75 Å². The quantitative estimate of drug-likeness (QED) is 0.739. The number of hydrogen-bond donors (Lipinski definition) is 1. The fourth-order valence-corrected chi connectivity index (χ4v) is 3.12. The van der Waals surface area contributed by atoms with Crippen molar-refractivity contribution in [1.29, 1.82) is 0 Å². The van der Waals surface area contributed by atoms with Crippen LogP contribution in [0.4, 0.5) is 5.69 Å². The lowest BCUT2D eigenvalue weighted by Gasteiger charge is -2.25. The van der Waals surface area contributed by atoms with Crippen LogP contribution in [-0.4, -0.2) is 36.3 Å². The first-order valence-electron chi connectivity index (χ1n) is 9.39. The van der Waals surface area contributed by atoms with Gasteiger partial charge in [-0.1, -0.05) is 18.6 Å². The number of hydrogen-bond acceptors (Lipinski definition) is 6. The third kappa shape index (κ3) is 5.53. The molecule has 1 amide bonds. The average molecular weight is 384 g/mol. The van der Waals surface area contributed by atoms with Gasteiger partial charge in [0.15, 0.2) is 12.4 Å². The molecular weight excluding hydrogens is 360 g/mol. The number of ketones is 1. The van der Waals surface area contributed by atoms with Gasteiger partial charge in [-0.25, -0.2) is 0 Å². The van der Waals surface area contributed by atoms with Crippen molar-refractivity contribution < 1.29 is 18.7 Å². The van der Waals surface area contributed by atoms with Crippen LogP contribution in [0.3, 0.4) is 0 Å². The summed E-state index contributed by atoms with van der Waals surface area (Å²) < 4.78 is 10.8. The van der Waals surface area contributed by atoms with Gasteiger partial charge in [0.25, 0.3) is 5.91 Å². The van der Waals surface area contributed by atoms with Gasteiger partial charge >= 0.3 is 0 Å². The van der Waals surface area contributed by atoms with Crippen LogP contribution in [0.2, 0.25) is 0 Å². The number of amides is 1. The number of benzene rings is 1. The van der Waals surface area contributed by atoms with E-state index in [-0.39, 0.29) is 23.6 Å². The third-order valence-electron chi connectivity index (χ3n) is 4.59. The molecule has 1 aromatic carbocycles. The summed E-state index contributed by atoms with van der Waals surface area (Å²) in [5.74, 6) is 0.0619. The minimum absolute atomic E-state index is 0.00460. The van der Waals surface area contributed by atoms with E-state index < -0.39 is 5.91 Å². The molecule has 0 atom stereocenters. The number of nitrogens with one attached hydrogen (secondary N) is 1. The summed E-state index contributed by atoms with van der Waals surface area (Å²) >= 11 is 0. The van der Waals surface area contributed by atoms with Crippen LogP contribution in [0.15, 0.2) is 45.8 Å². The second-order valence-electron chi connectivity index (χ2n) is 6.89. The lowest BCUT2D eigenvalue weighted by atomic mass is 10.1. The van der Waals surface area contributed by atoms with E-state index in [9.17, 15) is 14.4 Å². The Morgan fingerprint density at radius 2 is 1.96 bits per heavy atom. The standard InChI is InChI=1S/C21H24N2O5/c1-15(24)16-6-5-7-17(10-16)22-21(26)14-28-20-13-27-18(11-19(20)25)12-23-8-3-2-4-9-23/h5-7,10-11,13H,2-4,8-9,12,14H2,1H3,(H,22,26). The van der Waals surface area contributed by atoms with Crippen molar-refractivity contribution in [2.45, 2.75) is 32.7 Å². The largest absolute Gasteiger partial charge is 0.477 e. The summed E-state index contributed by atoms with van der Waals surface area (Å²) in [6, 6.07) is 8.03. The smallest absolute Gasteiger partial charge is 0.262 e. The molecule has 7 heteroatoms. The molecule has 3 rings (SSSR count). The zero-order valence-electron chi connectivity index (χ0n) is 15.9. The first kappa shape index (κ1) is 19.8. The van der Waals surface area contributed by atoms with E-state index in [0.717, 1.165) is 25.9 Å².